The fraction of sp³-hybridized carbons (Fsp3) is 0.571. The van der Waals surface area contributed by atoms with Gasteiger partial charge in [0.25, 0.3) is 0 Å². The molecule has 0 aliphatic heterocycles. The van der Waals surface area contributed by atoms with E-state index in [-0.39, 0.29) is 18.0 Å². The highest BCUT2D eigenvalue weighted by Gasteiger charge is 2.20. The molecule has 0 aliphatic rings. The molecule has 1 aromatic rings. The zero-order valence-corrected chi connectivity index (χ0v) is 11.7. The van der Waals surface area contributed by atoms with Gasteiger partial charge in [-0.05, 0) is 39.8 Å². The molecule has 4 nitrogen and oxygen atoms in total. The lowest BCUT2D eigenvalue weighted by Crippen LogP contribution is -2.45. The highest BCUT2D eigenvalue weighted by molar-refractivity contribution is 5.81. The zero-order valence-electron chi connectivity index (χ0n) is 11.7. The quantitative estimate of drug-likeness (QED) is 0.838. The van der Waals surface area contributed by atoms with Crippen LogP contribution >= 0.6 is 0 Å². The van der Waals surface area contributed by atoms with Gasteiger partial charge in [0.05, 0.1) is 11.7 Å². The summed E-state index contributed by atoms with van der Waals surface area (Å²) in [7, 11) is 0. The second kappa shape index (κ2) is 7.11. The van der Waals surface area contributed by atoms with Crippen LogP contribution in [0.2, 0.25) is 0 Å². The lowest BCUT2D eigenvalue weighted by Gasteiger charge is -2.25. The Bertz CT molecular complexity index is 363. The Morgan fingerprint density at radius 1 is 1.33 bits per heavy atom. The van der Waals surface area contributed by atoms with E-state index in [4.69, 9.17) is 0 Å². The van der Waals surface area contributed by atoms with Crippen molar-refractivity contribution in [1.82, 2.24) is 15.2 Å². The van der Waals surface area contributed by atoms with Crippen LogP contribution in [0.1, 0.15) is 39.4 Å². The number of pyridine rings is 1. The molecule has 0 fully saturated rings. The van der Waals surface area contributed by atoms with Gasteiger partial charge in [-0.2, -0.15) is 0 Å². The molecule has 0 radical (unpaired) electrons. The molecule has 1 heterocycles. The first-order chi connectivity index (χ1) is 8.60. The highest BCUT2D eigenvalue weighted by atomic mass is 16.2. The second-order valence-corrected chi connectivity index (χ2v) is 4.38. The molecule has 1 rings (SSSR count). The normalized spacial score (nSPS) is 14.0. The van der Waals surface area contributed by atoms with Crippen LogP contribution in [0.25, 0.3) is 0 Å². The van der Waals surface area contributed by atoms with Crippen LogP contribution in [0, 0.1) is 0 Å². The summed E-state index contributed by atoms with van der Waals surface area (Å²) in [4.78, 5) is 18.2. The maximum absolute atomic E-state index is 12.1. The zero-order chi connectivity index (χ0) is 13.5. The summed E-state index contributed by atoms with van der Waals surface area (Å²) in [5.41, 5.74) is 0.955. The summed E-state index contributed by atoms with van der Waals surface area (Å²) in [6.07, 6.45) is 1.77. The SMILES string of the molecule is CCN(CC)C(=O)C(C)N[C@H](C)c1ccccn1. The van der Waals surface area contributed by atoms with E-state index in [0.717, 1.165) is 18.8 Å². The standard InChI is InChI=1S/C14H23N3O/c1-5-17(6-2)14(18)12(4)16-11(3)13-9-7-8-10-15-13/h7-12,16H,5-6H2,1-4H3/t11-,12?/m1/s1. The number of carbonyl (C=O) groups excluding carboxylic acids is 1. The van der Waals surface area contributed by atoms with Crippen molar-refractivity contribution in [2.75, 3.05) is 13.1 Å². The van der Waals surface area contributed by atoms with Gasteiger partial charge in [-0.1, -0.05) is 6.07 Å². The second-order valence-electron chi connectivity index (χ2n) is 4.38. The molecule has 0 spiro atoms. The number of likely N-dealkylation sites (N-methyl/N-ethyl adjacent to an activating group) is 1. The van der Waals surface area contributed by atoms with Gasteiger partial charge >= 0.3 is 0 Å². The molecule has 2 atom stereocenters. The largest absolute Gasteiger partial charge is 0.342 e. The van der Waals surface area contributed by atoms with Crippen LogP contribution in [0.5, 0.6) is 0 Å². The summed E-state index contributed by atoms with van der Waals surface area (Å²) in [6.45, 7) is 9.42. The number of nitrogens with one attached hydrogen (secondary N) is 1. The molecule has 0 aromatic carbocycles. The highest BCUT2D eigenvalue weighted by Crippen LogP contribution is 2.09. The van der Waals surface area contributed by atoms with Crippen LogP contribution in [0.4, 0.5) is 0 Å². The number of hydrogen-bond donors (Lipinski definition) is 1. The van der Waals surface area contributed by atoms with Gasteiger partial charge in [-0.15, -0.1) is 0 Å². The topological polar surface area (TPSA) is 45.2 Å². The molecular formula is C14H23N3O. The predicted molar refractivity (Wildman–Crippen MR) is 73.2 cm³/mol. The van der Waals surface area contributed by atoms with Crippen molar-refractivity contribution in [3.8, 4) is 0 Å². The minimum atomic E-state index is -0.193. The lowest BCUT2D eigenvalue weighted by molar-refractivity contribution is -0.132. The number of aromatic nitrogens is 1. The van der Waals surface area contributed by atoms with Gasteiger partial charge in [-0.25, -0.2) is 0 Å². The van der Waals surface area contributed by atoms with Crippen molar-refractivity contribution < 1.29 is 4.79 Å². The maximum atomic E-state index is 12.1. The minimum Gasteiger partial charge on any atom is -0.342 e. The maximum Gasteiger partial charge on any atom is 0.239 e. The fourth-order valence-electron chi connectivity index (χ4n) is 1.97. The Labute approximate surface area is 109 Å². The van der Waals surface area contributed by atoms with Crippen molar-refractivity contribution >= 4 is 5.91 Å². The molecule has 4 heteroatoms. The Hall–Kier alpha value is -1.42. The van der Waals surface area contributed by atoms with E-state index in [1.807, 2.05) is 50.8 Å². The predicted octanol–water partition coefficient (Wildman–Crippen LogP) is 1.99. The van der Waals surface area contributed by atoms with E-state index in [9.17, 15) is 4.79 Å². The van der Waals surface area contributed by atoms with E-state index < -0.39 is 0 Å². The van der Waals surface area contributed by atoms with E-state index in [1.54, 1.807) is 6.20 Å². The monoisotopic (exact) mass is 249 g/mol. The van der Waals surface area contributed by atoms with Gasteiger partial charge in [0.2, 0.25) is 5.91 Å². The van der Waals surface area contributed by atoms with Crippen molar-refractivity contribution in [2.24, 2.45) is 0 Å². The summed E-state index contributed by atoms with van der Waals surface area (Å²) >= 11 is 0. The van der Waals surface area contributed by atoms with Crippen molar-refractivity contribution in [3.05, 3.63) is 30.1 Å². The molecule has 1 unspecified atom stereocenters. The smallest absolute Gasteiger partial charge is 0.239 e. The van der Waals surface area contributed by atoms with E-state index >= 15 is 0 Å². The van der Waals surface area contributed by atoms with Crippen molar-refractivity contribution in [2.45, 2.75) is 39.8 Å². The molecule has 1 N–H and O–H groups in total. The lowest BCUT2D eigenvalue weighted by atomic mass is 10.1. The van der Waals surface area contributed by atoms with Crippen LogP contribution in [-0.2, 0) is 4.79 Å². The number of amides is 1. The summed E-state index contributed by atoms with van der Waals surface area (Å²) in [5.74, 6) is 0.141. The van der Waals surface area contributed by atoms with Crippen LogP contribution in [-0.4, -0.2) is 34.9 Å². The average molecular weight is 249 g/mol. The fourth-order valence-corrected chi connectivity index (χ4v) is 1.97. The van der Waals surface area contributed by atoms with Crippen molar-refractivity contribution in [3.63, 3.8) is 0 Å². The molecule has 100 valence electrons. The molecule has 0 saturated heterocycles. The molecule has 0 bridgehead atoms. The van der Waals surface area contributed by atoms with Crippen LogP contribution in [0.3, 0.4) is 0 Å². The van der Waals surface area contributed by atoms with E-state index in [1.165, 1.54) is 0 Å². The minimum absolute atomic E-state index is 0.0701. The summed E-state index contributed by atoms with van der Waals surface area (Å²) in [6, 6.07) is 5.69. The molecule has 0 saturated carbocycles. The van der Waals surface area contributed by atoms with E-state index in [0.29, 0.717) is 0 Å². The van der Waals surface area contributed by atoms with E-state index in [2.05, 4.69) is 10.3 Å². The number of carbonyl (C=O) groups is 1. The van der Waals surface area contributed by atoms with Gasteiger partial charge in [0, 0.05) is 25.3 Å². The first kappa shape index (κ1) is 14.6. The van der Waals surface area contributed by atoms with Gasteiger partial charge in [0.15, 0.2) is 0 Å². The Morgan fingerprint density at radius 3 is 2.50 bits per heavy atom. The summed E-state index contributed by atoms with van der Waals surface area (Å²) in [5, 5.41) is 3.29. The molecule has 18 heavy (non-hydrogen) atoms. The third-order valence-corrected chi connectivity index (χ3v) is 3.08. The third kappa shape index (κ3) is 3.81. The number of hydrogen-bond acceptors (Lipinski definition) is 3. The van der Waals surface area contributed by atoms with Crippen molar-refractivity contribution in [1.29, 1.82) is 0 Å². The first-order valence-electron chi connectivity index (χ1n) is 6.55. The summed E-state index contributed by atoms with van der Waals surface area (Å²) < 4.78 is 0. The molecule has 1 aromatic heterocycles. The third-order valence-electron chi connectivity index (χ3n) is 3.08. The number of rotatable bonds is 6. The Balaban J connectivity index is 2.59. The molecule has 0 aliphatic carbocycles. The number of nitrogens with zero attached hydrogens (tertiary/aromatic N) is 2. The van der Waals surface area contributed by atoms with Crippen LogP contribution in [0.15, 0.2) is 24.4 Å². The van der Waals surface area contributed by atoms with Gasteiger partial charge in [0.1, 0.15) is 0 Å². The molecule has 1 amide bonds. The van der Waals surface area contributed by atoms with Gasteiger partial charge in [-0.3, -0.25) is 15.1 Å². The van der Waals surface area contributed by atoms with Gasteiger partial charge < -0.3 is 4.90 Å². The Morgan fingerprint density at radius 2 is 2.00 bits per heavy atom. The average Bonchev–Trinajstić information content (AvgIpc) is 2.40. The van der Waals surface area contributed by atoms with Crippen LogP contribution < -0.4 is 5.32 Å². The first-order valence-corrected chi connectivity index (χ1v) is 6.55. The molecular weight excluding hydrogens is 226 g/mol. The Kier molecular flexibility index (Phi) is 5.78.